The first-order chi connectivity index (χ1) is 11.4. The third-order valence-corrected chi connectivity index (χ3v) is 4.56. The molecule has 0 spiro atoms. The average Bonchev–Trinajstić information content (AvgIpc) is 2.56. The molecule has 2 aromatic rings. The van der Waals surface area contributed by atoms with E-state index in [0.29, 0.717) is 0 Å². The number of ether oxygens (including phenoxy) is 2. The molecule has 0 amide bonds. The predicted molar refractivity (Wildman–Crippen MR) is 115 cm³/mol. The molecule has 134 valence electrons. The molecular weight excluding hydrogens is 547 g/mol. The van der Waals surface area contributed by atoms with Crippen LogP contribution in [-0.2, 0) is 5.33 Å². The second kappa shape index (κ2) is 14.3. The van der Waals surface area contributed by atoms with Gasteiger partial charge in [-0.05, 0) is 74.2 Å². The van der Waals surface area contributed by atoms with Crippen molar-refractivity contribution in [2.45, 2.75) is 12.3 Å². The summed E-state index contributed by atoms with van der Waals surface area (Å²) in [5.41, 5.74) is 2.46. The molecule has 0 unspecified atom stereocenters. The summed E-state index contributed by atoms with van der Waals surface area (Å²) in [6, 6.07) is 12.0. The minimum Gasteiger partial charge on any atom is -0.496 e. The lowest BCUT2D eigenvalue weighted by Gasteiger charge is -2.03. The van der Waals surface area contributed by atoms with E-state index in [1.807, 2.05) is 43.3 Å². The number of halogens is 5. The van der Waals surface area contributed by atoms with Gasteiger partial charge in [0.2, 0.25) is 0 Å². The van der Waals surface area contributed by atoms with Crippen molar-refractivity contribution in [2.24, 2.45) is 0 Å². The first-order valence-corrected chi connectivity index (χ1v) is 10.5. The molecule has 2 aromatic carbocycles. The van der Waals surface area contributed by atoms with E-state index in [1.54, 1.807) is 14.2 Å². The SMILES string of the molecule is COc1ccc(C)cc1Br.COc1ccc(CBr)cc1Br.ClCCl. The molecule has 0 aromatic heterocycles. The van der Waals surface area contributed by atoms with Crippen molar-refractivity contribution in [1.82, 2.24) is 0 Å². The molecule has 0 heterocycles. The van der Waals surface area contributed by atoms with Crippen LogP contribution in [0.3, 0.4) is 0 Å². The summed E-state index contributed by atoms with van der Waals surface area (Å²) >= 11 is 19.7. The van der Waals surface area contributed by atoms with E-state index < -0.39 is 0 Å². The molecular formula is C17H19Br3Cl2O2. The van der Waals surface area contributed by atoms with Crippen molar-refractivity contribution in [2.75, 3.05) is 19.6 Å². The van der Waals surface area contributed by atoms with Gasteiger partial charge in [0.05, 0.1) is 28.5 Å². The molecule has 0 saturated carbocycles. The van der Waals surface area contributed by atoms with Crippen LogP contribution in [-0.4, -0.2) is 19.6 Å². The van der Waals surface area contributed by atoms with E-state index in [1.165, 1.54) is 11.1 Å². The molecule has 7 heteroatoms. The first-order valence-electron chi connectivity index (χ1n) is 6.73. The zero-order valence-corrected chi connectivity index (χ0v) is 19.9. The number of alkyl halides is 3. The fourth-order valence-electron chi connectivity index (χ4n) is 1.56. The van der Waals surface area contributed by atoms with Crippen LogP contribution in [0.15, 0.2) is 45.3 Å². The number of hydrogen-bond donors (Lipinski definition) is 0. The molecule has 0 radical (unpaired) electrons. The van der Waals surface area contributed by atoms with Crippen molar-refractivity contribution in [3.05, 3.63) is 56.5 Å². The highest BCUT2D eigenvalue weighted by Crippen LogP contribution is 2.26. The summed E-state index contributed by atoms with van der Waals surface area (Å²) in [6.07, 6.45) is 0. The normalized spacial score (nSPS) is 9.17. The molecule has 0 fully saturated rings. The van der Waals surface area contributed by atoms with Crippen LogP contribution in [0, 0.1) is 6.92 Å². The minimum atomic E-state index is 0.194. The Morgan fingerprint density at radius 1 is 0.875 bits per heavy atom. The first kappa shape index (κ1) is 24.1. The molecule has 0 aliphatic carbocycles. The van der Waals surface area contributed by atoms with Crippen LogP contribution in [0.2, 0.25) is 0 Å². The van der Waals surface area contributed by atoms with Gasteiger partial charge >= 0.3 is 0 Å². The van der Waals surface area contributed by atoms with E-state index >= 15 is 0 Å². The molecule has 0 aliphatic rings. The maximum absolute atomic E-state index is 5.08. The average molecular weight is 566 g/mol. The zero-order valence-electron chi connectivity index (χ0n) is 13.6. The molecule has 0 aliphatic heterocycles. The predicted octanol–water partition coefficient (Wildman–Crippen LogP) is 7.54. The van der Waals surface area contributed by atoms with Crippen LogP contribution >= 0.6 is 71.0 Å². The fraction of sp³-hybridized carbons (Fsp3) is 0.294. The van der Waals surface area contributed by atoms with Crippen LogP contribution in [0.25, 0.3) is 0 Å². The lowest BCUT2D eigenvalue weighted by Crippen LogP contribution is -1.85. The Kier molecular flexibility index (Phi) is 14.3. The van der Waals surface area contributed by atoms with Gasteiger partial charge in [0.1, 0.15) is 11.5 Å². The molecule has 0 saturated heterocycles. The van der Waals surface area contributed by atoms with Gasteiger partial charge in [-0.1, -0.05) is 28.1 Å². The van der Waals surface area contributed by atoms with E-state index in [-0.39, 0.29) is 5.34 Å². The summed E-state index contributed by atoms with van der Waals surface area (Å²) in [6.45, 7) is 2.05. The van der Waals surface area contributed by atoms with Gasteiger partial charge in [-0.3, -0.25) is 0 Å². The second-order valence-corrected chi connectivity index (χ2v) is 7.42. The third kappa shape index (κ3) is 9.52. The Bertz CT molecular complexity index is 610. The minimum absolute atomic E-state index is 0.194. The van der Waals surface area contributed by atoms with Crippen molar-refractivity contribution in [3.8, 4) is 11.5 Å². The Hall–Kier alpha value is 0.0600. The monoisotopic (exact) mass is 562 g/mol. The fourth-order valence-corrected chi connectivity index (χ4v) is 3.16. The largest absolute Gasteiger partial charge is 0.496 e. The summed E-state index contributed by atoms with van der Waals surface area (Å²) in [4.78, 5) is 0. The van der Waals surface area contributed by atoms with Crippen LogP contribution in [0.4, 0.5) is 0 Å². The second-order valence-electron chi connectivity index (χ2n) is 4.34. The van der Waals surface area contributed by atoms with Crippen LogP contribution in [0.5, 0.6) is 11.5 Å². The van der Waals surface area contributed by atoms with E-state index in [0.717, 1.165) is 25.8 Å². The zero-order chi connectivity index (χ0) is 18.5. The van der Waals surface area contributed by atoms with Crippen molar-refractivity contribution in [1.29, 1.82) is 0 Å². The number of hydrogen-bond acceptors (Lipinski definition) is 2. The lowest BCUT2D eigenvalue weighted by atomic mass is 10.2. The van der Waals surface area contributed by atoms with E-state index in [4.69, 9.17) is 32.7 Å². The maximum atomic E-state index is 5.08. The lowest BCUT2D eigenvalue weighted by molar-refractivity contribution is 0.412. The Morgan fingerprint density at radius 3 is 1.71 bits per heavy atom. The van der Waals surface area contributed by atoms with Gasteiger partial charge in [-0.15, -0.1) is 23.2 Å². The van der Waals surface area contributed by atoms with Crippen molar-refractivity contribution in [3.63, 3.8) is 0 Å². The highest BCUT2D eigenvalue weighted by Gasteiger charge is 1.99. The molecule has 2 nitrogen and oxygen atoms in total. The van der Waals surface area contributed by atoms with Gasteiger partial charge in [-0.2, -0.15) is 0 Å². The smallest absolute Gasteiger partial charge is 0.133 e. The molecule has 2 rings (SSSR count). The quantitative estimate of drug-likeness (QED) is 0.358. The molecule has 24 heavy (non-hydrogen) atoms. The Morgan fingerprint density at radius 2 is 1.33 bits per heavy atom. The Labute approximate surface area is 179 Å². The summed E-state index contributed by atoms with van der Waals surface area (Å²) in [5, 5.41) is 1.07. The summed E-state index contributed by atoms with van der Waals surface area (Å²) in [5.74, 6) is 1.75. The van der Waals surface area contributed by atoms with Crippen LogP contribution in [0.1, 0.15) is 11.1 Å². The number of benzene rings is 2. The molecule has 0 atom stereocenters. The maximum Gasteiger partial charge on any atom is 0.133 e. The van der Waals surface area contributed by atoms with Gasteiger partial charge in [-0.25, -0.2) is 0 Å². The van der Waals surface area contributed by atoms with Gasteiger partial charge < -0.3 is 9.47 Å². The van der Waals surface area contributed by atoms with Gasteiger partial charge in [0.25, 0.3) is 0 Å². The standard InChI is InChI=1S/C8H8Br2O.C8H9BrO.CH2Cl2/c1-11-8-3-2-6(5-9)4-7(8)10;1-6-3-4-8(10-2)7(9)5-6;2-1-3/h2-4H,5H2,1H3;3-5H,1-2H3;1H2. The van der Waals surface area contributed by atoms with Gasteiger partial charge in [0.15, 0.2) is 0 Å². The van der Waals surface area contributed by atoms with Gasteiger partial charge in [0, 0.05) is 5.33 Å². The number of aryl methyl sites for hydroxylation is 1. The molecule has 0 N–H and O–H groups in total. The highest BCUT2D eigenvalue weighted by molar-refractivity contribution is 9.11. The summed E-state index contributed by atoms with van der Waals surface area (Å²) in [7, 11) is 3.32. The van der Waals surface area contributed by atoms with Crippen molar-refractivity contribution >= 4 is 71.0 Å². The third-order valence-electron chi connectivity index (χ3n) is 2.68. The number of methoxy groups -OCH3 is 2. The number of rotatable bonds is 3. The molecule has 0 bridgehead atoms. The Balaban J connectivity index is 0.000000381. The summed E-state index contributed by atoms with van der Waals surface area (Å²) < 4.78 is 12.1. The van der Waals surface area contributed by atoms with E-state index in [2.05, 4.69) is 47.8 Å². The van der Waals surface area contributed by atoms with Crippen LogP contribution < -0.4 is 9.47 Å². The topological polar surface area (TPSA) is 18.5 Å². The highest BCUT2D eigenvalue weighted by atomic mass is 79.9. The van der Waals surface area contributed by atoms with E-state index in [9.17, 15) is 0 Å². The van der Waals surface area contributed by atoms with Crippen molar-refractivity contribution < 1.29 is 9.47 Å².